The van der Waals surface area contributed by atoms with Gasteiger partial charge in [0.25, 0.3) is 5.69 Å². The van der Waals surface area contributed by atoms with Crippen LogP contribution >= 0.6 is 0 Å². The Labute approximate surface area is 138 Å². The molecule has 0 unspecified atom stereocenters. The van der Waals surface area contributed by atoms with Crippen molar-refractivity contribution in [3.8, 4) is 0 Å². The van der Waals surface area contributed by atoms with Crippen molar-refractivity contribution in [1.82, 2.24) is 20.1 Å². The lowest BCUT2D eigenvalue weighted by Crippen LogP contribution is -2.30. The number of nitro groups is 1. The molecule has 2 aromatic heterocycles. The van der Waals surface area contributed by atoms with Gasteiger partial charge in [-0.05, 0) is 13.0 Å². The topological polar surface area (TPSA) is 124 Å². The van der Waals surface area contributed by atoms with Crippen molar-refractivity contribution in [2.75, 3.05) is 25.6 Å². The van der Waals surface area contributed by atoms with Crippen molar-refractivity contribution in [1.29, 1.82) is 0 Å². The second-order valence-corrected chi connectivity index (χ2v) is 5.01. The third-order valence-electron chi connectivity index (χ3n) is 3.12. The van der Waals surface area contributed by atoms with Gasteiger partial charge in [0.1, 0.15) is 18.6 Å². The van der Waals surface area contributed by atoms with Gasteiger partial charge in [0.05, 0.1) is 23.4 Å². The first kappa shape index (κ1) is 17.3. The molecule has 128 valence electrons. The maximum Gasteiger partial charge on any atom is 0.290 e. The first-order valence-corrected chi connectivity index (χ1v) is 7.15. The Morgan fingerprint density at radius 1 is 1.46 bits per heavy atom. The lowest BCUT2D eigenvalue weighted by molar-refractivity contribution is -0.385. The number of amides is 1. The first-order chi connectivity index (χ1) is 11.5. The summed E-state index contributed by atoms with van der Waals surface area (Å²) in [4.78, 5) is 26.0. The van der Waals surface area contributed by atoms with Crippen LogP contribution in [-0.4, -0.2) is 45.9 Å². The van der Waals surface area contributed by atoms with E-state index in [9.17, 15) is 14.9 Å². The van der Waals surface area contributed by atoms with Crippen LogP contribution in [0.4, 0.5) is 17.2 Å². The zero-order valence-corrected chi connectivity index (χ0v) is 13.4. The highest BCUT2D eigenvalue weighted by atomic mass is 16.6. The average molecular weight is 334 g/mol. The summed E-state index contributed by atoms with van der Waals surface area (Å²) in [7, 11) is 1.56. The van der Waals surface area contributed by atoms with Crippen molar-refractivity contribution in [2.45, 2.75) is 13.5 Å². The largest absolute Gasteiger partial charge is 0.383 e. The molecule has 0 spiro atoms. The van der Waals surface area contributed by atoms with Gasteiger partial charge in [0.2, 0.25) is 5.91 Å². The van der Waals surface area contributed by atoms with Crippen LogP contribution in [-0.2, 0) is 16.1 Å². The van der Waals surface area contributed by atoms with Crippen LogP contribution in [0.5, 0.6) is 0 Å². The molecule has 2 N–H and O–H groups in total. The van der Waals surface area contributed by atoms with Gasteiger partial charge in [-0.15, -0.1) is 0 Å². The number of ether oxygens (including phenoxy) is 1. The number of pyridine rings is 1. The minimum Gasteiger partial charge on any atom is -0.383 e. The monoisotopic (exact) mass is 334 g/mol. The van der Waals surface area contributed by atoms with Crippen molar-refractivity contribution in [3.05, 3.63) is 40.3 Å². The quantitative estimate of drug-likeness (QED) is 0.419. The summed E-state index contributed by atoms with van der Waals surface area (Å²) in [5.74, 6) is 0.285. The van der Waals surface area contributed by atoms with E-state index in [1.54, 1.807) is 32.5 Å². The number of aryl methyl sites for hydroxylation is 1. The third kappa shape index (κ3) is 4.74. The van der Waals surface area contributed by atoms with Crippen LogP contribution in [0.3, 0.4) is 0 Å². The number of rotatable bonds is 8. The molecule has 10 nitrogen and oxygen atoms in total. The summed E-state index contributed by atoms with van der Waals surface area (Å²) in [6, 6.07) is 1.58. The minimum absolute atomic E-state index is 0.0380. The molecule has 0 fully saturated rings. The smallest absolute Gasteiger partial charge is 0.290 e. The van der Waals surface area contributed by atoms with Crippen LogP contribution in [0.15, 0.2) is 24.7 Å². The van der Waals surface area contributed by atoms with E-state index < -0.39 is 4.92 Å². The molecule has 0 aromatic carbocycles. The van der Waals surface area contributed by atoms with E-state index in [0.717, 1.165) is 0 Å². The SMILES string of the molecule is COCCNC(=O)Cn1cc(Nc2cc(C)c([N+](=O)[O-])cn2)cn1. The summed E-state index contributed by atoms with van der Waals surface area (Å²) in [5.41, 5.74) is 1.09. The predicted molar refractivity (Wildman–Crippen MR) is 86.0 cm³/mol. The highest BCUT2D eigenvalue weighted by Crippen LogP contribution is 2.21. The van der Waals surface area contributed by atoms with Crippen LogP contribution < -0.4 is 10.6 Å². The van der Waals surface area contributed by atoms with Gasteiger partial charge in [-0.3, -0.25) is 19.6 Å². The van der Waals surface area contributed by atoms with Gasteiger partial charge in [-0.1, -0.05) is 0 Å². The van der Waals surface area contributed by atoms with E-state index in [1.165, 1.54) is 10.9 Å². The normalized spacial score (nSPS) is 10.4. The molecule has 0 saturated heterocycles. The Bertz CT molecular complexity index is 730. The second kappa shape index (κ2) is 8.02. The molecule has 0 bridgehead atoms. The van der Waals surface area contributed by atoms with Gasteiger partial charge < -0.3 is 15.4 Å². The standard InChI is InChI=1S/C14H18N6O4/c1-10-5-13(16-7-12(10)20(22)23)18-11-6-17-19(8-11)9-14(21)15-3-4-24-2/h5-8H,3-4,9H2,1-2H3,(H,15,21)(H,16,18). The van der Waals surface area contributed by atoms with E-state index in [1.807, 2.05) is 0 Å². The highest BCUT2D eigenvalue weighted by Gasteiger charge is 2.12. The van der Waals surface area contributed by atoms with Crippen LogP contribution in [0.1, 0.15) is 5.56 Å². The molecule has 0 aliphatic carbocycles. The summed E-state index contributed by atoms with van der Waals surface area (Å²) >= 11 is 0. The number of nitrogens with one attached hydrogen (secondary N) is 2. The van der Waals surface area contributed by atoms with Gasteiger partial charge in [0.15, 0.2) is 0 Å². The zero-order valence-electron chi connectivity index (χ0n) is 13.4. The molecule has 0 aliphatic rings. The number of hydrogen-bond acceptors (Lipinski definition) is 7. The highest BCUT2D eigenvalue weighted by molar-refractivity contribution is 5.75. The average Bonchev–Trinajstić information content (AvgIpc) is 2.94. The summed E-state index contributed by atoms with van der Waals surface area (Å²) in [5, 5.41) is 20.5. The Hall–Kier alpha value is -3.01. The molecule has 24 heavy (non-hydrogen) atoms. The van der Waals surface area contributed by atoms with Crippen LogP contribution in [0.25, 0.3) is 0 Å². The number of carbonyl (C=O) groups excluding carboxylic acids is 1. The molecule has 2 aromatic rings. The molecule has 2 heterocycles. The van der Waals surface area contributed by atoms with Gasteiger partial charge in [0, 0.05) is 25.4 Å². The summed E-state index contributed by atoms with van der Waals surface area (Å²) in [6.07, 6.45) is 4.39. The van der Waals surface area contributed by atoms with Crippen molar-refractivity contribution in [2.24, 2.45) is 0 Å². The fourth-order valence-electron chi connectivity index (χ4n) is 1.97. The molecule has 0 saturated carbocycles. The van der Waals surface area contributed by atoms with Gasteiger partial charge >= 0.3 is 0 Å². The number of carbonyl (C=O) groups is 1. The van der Waals surface area contributed by atoms with Crippen molar-refractivity contribution >= 4 is 23.1 Å². The Kier molecular flexibility index (Phi) is 5.79. The number of anilines is 2. The molecule has 2 rings (SSSR count). The second-order valence-electron chi connectivity index (χ2n) is 5.01. The van der Waals surface area contributed by atoms with Crippen LogP contribution in [0, 0.1) is 17.0 Å². The fraction of sp³-hybridized carbons (Fsp3) is 0.357. The zero-order chi connectivity index (χ0) is 17.5. The molecular weight excluding hydrogens is 316 g/mol. The minimum atomic E-state index is -0.480. The maximum atomic E-state index is 11.7. The first-order valence-electron chi connectivity index (χ1n) is 7.15. The Balaban J connectivity index is 1.95. The van der Waals surface area contributed by atoms with Gasteiger partial charge in [-0.25, -0.2) is 4.98 Å². The van der Waals surface area contributed by atoms with E-state index in [-0.39, 0.29) is 18.1 Å². The molecule has 0 radical (unpaired) electrons. The molecular formula is C14H18N6O4. The molecule has 0 atom stereocenters. The third-order valence-corrected chi connectivity index (χ3v) is 3.12. The molecule has 1 amide bonds. The maximum absolute atomic E-state index is 11.7. The van der Waals surface area contributed by atoms with Crippen molar-refractivity contribution < 1.29 is 14.5 Å². The number of hydrogen-bond donors (Lipinski definition) is 2. The Morgan fingerprint density at radius 2 is 2.25 bits per heavy atom. The summed E-state index contributed by atoms with van der Waals surface area (Å²) in [6.45, 7) is 2.60. The fourth-order valence-corrected chi connectivity index (χ4v) is 1.97. The van der Waals surface area contributed by atoms with E-state index in [2.05, 4.69) is 20.7 Å². The number of methoxy groups -OCH3 is 1. The van der Waals surface area contributed by atoms with E-state index >= 15 is 0 Å². The number of nitrogens with zero attached hydrogens (tertiary/aromatic N) is 4. The lowest BCUT2D eigenvalue weighted by Gasteiger charge is -2.05. The van der Waals surface area contributed by atoms with E-state index in [0.29, 0.717) is 30.2 Å². The predicted octanol–water partition coefficient (Wildman–Crippen LogP) is 1.00. The Morgan fingerprint density at radius 3 is 2.92 bits per heavy atom. The number of aromatic nitrogens is 3. The summed E-state index contributed by atoms with van der Waals surface area (Å²) < 4.78 is 6.32. The molecule has 10 heteroatoms. The van der Waals surface area contributed by atoms with Crippen LogP contribution in [0.2, 0.25) is 0 Å². The van der Waals surface area contributed by atoms with Gasteiger partial charge in [-0.2, -0.15) is 5.10 Å². The molecule has 0 aliphatic heterocycles. The lowest BCUT2D eigenvalue weighted by atomic mass is 10.2. The van der Waals surface area contributed by atoms with Crippen molar-refractivity contribution in [3.63, 3.8) is 0 Å². The van der Waals surface area contributed by atoms with E-state index in [4.69, 9.17) is 4.74 Å².